The highest BCUT2D eigenvalue weighted by atomic mass is 16.7. The van der Waals surface area contributed by atoms with E-state index in [0.29, 0.717) is 18.8 Å². The molecule has 0 bridgehead atoms. The molecule has 2 saturated heterocycles. The molecule has 2 fully saturated rings. The molecule has 21 heavy (non-hydrogen) atoms. The van der Waals surface area contributed by atoms with Gasteiger partial charge >= 0.3 is 5.97 Å². The van der Waals surface area contributed by atoms with Crippen LogP contribution in [0.1, 0.15) is 28.8 Å². The van der Waals surface area contributed by atoms with Gasteiger partial charge in [-0.3, -0.25) is 4.90 Å². The second-order valence-electron chi connectivity index (χ2n) is 5.58. The van der Waals surface area contributed by atoms with Crippen molar-refractivity contribution in [2.45, 2.75) is 25.2 Å². The van der Waals surface area contributed by atoms with E-state index in [1.165, 1.54) is 7.11 Å². The van der Waals surface area contributed by atoms with Crippen LogP contribution in [0.4, 0.5) is 0 Å². The van der Waals surface area contributed by atoms with Crippen molar-refractivity contribution in [3.05, 3.63) is 35.4 Å². The Kier molecular flexibility index (Phi) is 4.24. The average molecular weight is 291 g/mol. The number of benzene rings is 1. The maximum atomic E-state index is 11.6. The average Bonchev–Trinajstić information content (AvgIpc) is 2.98. The lowest BCUT2D eigenvalue weighted by Gasteiger charge is -2.37. The monoisotopic (exact) mass is 291 g/mol. The highest BCUT2D eigenvalue weighted by molar-refractivity contribution is 5.89. The smallest absolute Gasteiger partial charge is 0.337 e. The lowest BCUT2D eigenvalue weighted by molar-refractivity contribution is -0.185. The molecule has 2 aliphatic rings. The number of piperidine rings is 1. The number of hydrogen-bond acceptors (Lipinski definition) is 5. The zero-order chi connectivity index (χ0) is 14.7. The van der Waals surface area contributed by atoms with Crippen molar-refractivity contribution in [2.75, 3.05) is 33.4 Å². The van der Waals surface area contributed by atoms with Crippen LogP contribution in [0.5, 0.6) is 0 Å². The van der Waals surface area contributed by atoms with Gasteiger partial charge in [0.05, 0.1) is 25.9 Å². The fraction of sp³-hybridized carbons (Fsp3) is 0.562. The van der Waals surface area contributed by atoms with Crippen LogP contribution in [-0.2, 0) is 20.8 Å². The van der Waals surface area contributed by atoms with Crippen LogP contribution in [-0.4, -0.2) is 50.1 Å². The minimum atomic E-state index is -0.329. The zero-order valence-electron chi connectivity index (χ0n) is 12.3. The number of carbonyl (C=O) groups excluding carboxylic acids is 1. The Labute approximate surface area is 124 Å². The predicted molar refractivity (Wildman–Crippen MR) is 76.9 cm³/mol. The van der Waals surface area contributed by atoms with Gasteiger partial charge in [-0.15, -0.1) is 0 Å². The Balaban J connectivity index is 1.59. The Hall–Kier alpha value is -1.43. The Morgan fingerprint density at radius 3 is 2.67 bits per heavy atom. The van der Waals surface area contributed by atoms with Crippen molar-refractivity contribution in [1.82, 2.24) is 4.90 Å². The SMILES string of the molecule is COC(=O)c1cccc(CN2CCC3(CC2)OCCO3)c1. The van der Waals surface area contributed by atoms with Crippen molar-refractivity contribution < 1.29 is 19.0 Å². The first-order valence-corrected chi connectivity index (χ1v) is 7.38. The maximum absolute atomic E-state index is 11.6. The number of likely N-dealkylation sites (tertiary alicyclic amines) is 1. The third kappa shape index (κ3) is 3.26. The van der Waals surface area contributed by atoms with Crippen LogP contribution in [0.25, 0.3) is 0 Å². The Morgan fingerprint density at radius 2 is 2.00 bits per heavy atom. The van der Waals surface area contributed by atoms with Gasteiger partial charge in [-0.2, -0.15) is 0 Å². The van der Waals surface area contributed by atoms with Crippen LogP contribution in [0, 0.1) is 0 Å². The summed E-state index contributed by atoms with van der Waals surface area (Å²) in [5.74, 6) is -0.619. The number of nitrogens with zero attached hydrogens (tertiary/aromatic N) is 1. The molecular formula is C16H21NO4. The summed E-state index contributed by atoms with van der Waals surface area (Å²) in [5.41, 5.74) is 1.73. The molecule has 1 spiro atoms. The molecule has 5 nitrogen and oxygen atoms in total. The summed E-state index contributed by atoms with van der Waals surface area (Å²) in [7, 11) is 1.40. The van der Waals surface area contributed by atoms with Gasteiger partial charge in [0, 0.05) is 32.5 Å². The molecule has 3 rings (SSSR count). The van der Waals surface area contributed by atoms with Crippen molar-refractivity contribution in [3.8, 4) is 0 Å². The van der Waals surface area contributed by atoms with E-state index in [1.54, 1.807) is 6.07 Å². The van der Waals surface area contributed by atoms with E-state index in [-0.39, 0.29) is 11.8 Å². The summed E-state index contributed by atoms with van der Waals surface area (Å²) in [4.78, 5) is 13.9. The number of esters is 1. The number of rotatable bonds is 3. The molecule has 0 aromatic heterocycles. The largest absolute Gasteiger partial charge is 0.465 e. The molecule has 114 valence electrons. The molecule has 2 heterocycles. The molecule has 2 aliphatic heterocycles. The third-order valence-corrected chi connectivity index (χ3v) is 4.19. The van der Waals surface area contributed by atoms with Crippen molar-refractivity contribution in [3.63, 3.8) is 0 Å². The Morgan fingerprint density at radius 1 is 1.29 bits per heavy atom. The van der Waals surface area contributed by atoms with Gasteiger partial charge < -0.3 is 14.2 Å². The minimum Gasteiger partial charge on any atom is -0.465 e. The van der Waals surface area contributed by atoms with E-state index in [4.69, 9.17) is 14.2 Å². The summed E-state index contributed by atoms with van der Waals surface area (Å²) < 4.78 is 16.2. The highest BCUT2D eigenvalue weighted by Gasteiger charge is 2.39. The molecule has 1 aromatic carbocycles. The first kappa shape index (κ1) is 14.5. The summed E-state index contributed by atoms with van der Waals surface area (Å²) in [6.07, 6.45) is 1.81. The lowest BCUT2D eigenvalue weighted by atomic mass is 10.0. The van der Waals surface area contributed by atoms with Gasteiger partial charge in [-0.1, -0.05) is 12.1 Å². The fourth-order valence-electron chi connectivity index (χ4n) is 3.01. The molecular weight excluding hydrogens is 270 g/mol. The summed E-state index contributed by atoms with van der Waals surface area (Å²) in [6.45, 7) is 4.15. The first-order chi connectivity index (χ1) is 10.2. The van der Waals surface area contributed by atoms with E-state index < -0.39 is 0 Å². The van der Waals surface area contributed by atoms with Crippen molar-refractivity contribution in [1.29, 1.82) is 0 Å². The standard InChI is InChI=1S/C16H21NO4/c1-19-15(18)14-4-2-3-13(11-14)12-17-7-5-16(6-8-17)20-9-10-21-16/h2-4,11H,5-10,12H2,1H3. The molecule has 0 saturated carbocycles. The number of carbonyl (C=O) groups is 1. The van der Waals surface area contributed by atoms with Gasteiger partial charge in [-0.25, -0.2) is 4.79 Å². The second-order valence-corrected chi connectivity index (χ2v) is 5.58. The Bertz CT molecular complexity index is 501. The fourth-order valence-corrected chi connectivity index (χ4v) is 3.01. The minimum absolute atomic E-state index is 0.290. The second kappa shape index (κ2) is 6.13. The van der Waals surface area contributed by atoms with E-state index in [9.17, 15) is 4.79 Å². The number of ether oxygens (including phenoxy) is 3. The molecule has 0 N–H and O–H groups in total. The summed E-state index contributed by atoms with van der Waals surface area (Å²) in [6, 6.07) is 7.62. The third-order valence-electron chi connectivity index (χ3n) is 4.19. The normalized spacial score (nSPS) is 21.6. The van der Waals surface area contributed by atoms with Crippen LogP contribution >= 0.6 is 0 Å². The zero-order valence-corrected chi connectivity index (χ0v) is 12.3. The van der Waals surface area contributed by atoms with Crippen LogP contribution in [0.15, 0.2) is 24.3 Å². The van der Waals surface area contributed by atoms with E-state index in [0.717, 1.165) is 38.0 Å². The molecule has 0 aliphatic carbocycles. The maximum Gasteiger partial charge on any atom is 0.337 e. The van der Waals surface area contributed by atoms with E-state index in [1.807, 2.05) is 18.2 Å². The van der Waals surface area contributed by atoms with Crippen LogP contribution in [0.2, 0.25) is 0 Å². The quantitative estimate of drug-likeness (QED) is 0.795. The van der Waals surface area contributed by atoms with Gasteiger partial charge in [0.15, 0.2) is 5.79 Å². The number of methoxy groups -OCH3 is 1. The summed E-state index contributed by atoms with van der Waals surface area (Å²) >= 11 is 0. The molecule has 0 unspecified atom stereocenters. The molecule has 0 radical (unpaired) electrons. The predicted octanol–water partition coefficient (Wildman–Crippen LogP) is 1.81. The van der Waals surface area contributed by atoms with Crippen molar-refractivity contribution >= 4 is 5.97 Å². The molecule has 0 amide bonds. The van der Waals surface area contributed by atoms with E-state index >= 15 is 0 Å². The van der Waals surface area contributed by atoms with Gasteiger partial charge in [0.2, 0.25) is 0 Å². The number of hydrogen-bond donors (Lipinski definition) is 0. The van der Waals surface area contributed by atoms with Crippen molar-refractivity contribution in [2.24, 2.45) is 0 Å². The topological polar surface area (TPSA) is 48.0 Å². The lowest BCUT2D eigenvalue weighted by Crippen LogP contribution is -2.44. The van der Waals surface area contributed by atoms with Crippen LogP contribution < -0.4 is 0 Å². The summed E-state index contributed by atoms with van der Waals surface area (Å²) in [5, 5.41) is 0. The molecule has 1 aromatic rings. The van der Waals surface area contributed by atoms with Gasteiger partial charge in [0.25, 0.3) is 0 Å². The molecule has 5 heteroatoms. The van der Waals surface area contributed by atoms with E-state index in [2.05, 4.69) is 4.90 Å². The van der Waals surface area contributed by atoms with Gasteiger partial charge in [0.1, 0.15) is 0 Å². The van der Waals surface area contributed by atoms with Crippen LogP contribution in [0.3, 0.4) is 0 Å². The van der Waals surface area contributed by atoms with Gasteiger partial charge in [-0.05, 0) is 17.7 Å². The first-order valence-electron chi connectivity index (χ1n) is 7.38. The molecule has 0 atom stereocenters. The highest BCUT2D eigenvalue weighted by Crippen LogP contribution is 2.31.